The quantitative estimate of drug-likeness (QED) is 0.0143. The second-order valence-electron chi connectivity index (χ2n) is 31.4. The molecule has 2 unspecified atom stereocenters. The first-order valence-corrected chi connectivity index (χ1v) is 48.7. The number of phosphoric ester groups is 2. The monoisotopic (exact) mass is 1640 g/mol. The van der Waals surface area contributed by atoms with Crippen molar-refractivity contribution in [2.24, 2.45) is 0 Å². The highest BCUT2D eigenvalue weighted by molar-refractivity contribution is 7.47. The molecule has 6 atom stereocenters. The molecular weight excluding hydrogens is 1470 g/mol. The Balaban J connectivity index is 5.76. The van der Waals surface area contributed by atoms with Crippen molar-refractivity contribution >= 4 is 57.0 Å². The topological polar surface area (TPSA) is 316 Å². The number of carbonyl (C=O) groups is 7. The highest BCUT2D eigenvalue weighted by Crippen LogP contribution is 2.44. The van der Waals surface area contributed by atoms with Crippen LogP contribution < -0.4 is 21.3 Å². The van der Waals surface area contributed by atoms with E-state index < -0.39 is 72.0 Å². The van der Waals surface area contributed by atoms with Crippen molar-refractivity contribution in [1.29, 1.82) is 0 Å². The van der Waals surface area contributed by atoms with Gasteiger partial charge in [-0.25, -0.2) is 13.9 Å². The lowest BCUT2D eigenvalue weighted by atomic mass is 10.0. The number of esters is 2. The average molecular weight is 1640 g/mol. The van der Waals surface area contributed by atoms with Gasteiger partial charge >= 0.3 is 33.6 Å². The number of ether oxygens (including phenoxy) is 4. The number of ketones is 2. The van der Waals surface area contributed by atoms with Crippen molar-refractivity contribution in [2.45, 2.75) is 451 Å². The Morgan fingerprint density at radius 2 is 0.545 bits per heavy atom. The zero-order valence-electron chi connectivity index (χ0n) is 72.0. The predicted molar refractivity (Wildman–Crippen MR) is 451 cm³/mol. The van der Waals surface area contributed by atoms with Gasteiger partial charge in [0.15, 0.2) is 0 Å². The first kappa shape index (κ1) is 109. The first-order valence-electron chi connectivity index (χ1n) is 45.7. The van der Waals surface area contributed by atoms with Crippen molar-refractivity contribution in [3.8, 4) is 0 Å². The summed E-state index contributed by atoms with van der Waals surface area (Å²) in [6, 6.07) is -2.73. The summed E-state index contributed by atoms with van der Waals surface area (Å²) in [7, 11) is -9.61. The standard InChI is InChI=1S/C87H168N4O19P2/c1-7-13-19-25-30-35-40-46-51-57-79(92)71-83(94)90-77(73-103-67-63-81(59-53-45-24-18-12-6)109-85(96)61-55-49-43-38-33-28-22-16-10-4)75-107-111(99,100)105-69-65-88-87(98)89-66-70-106-112(101,102)108-76-78(91-84(95)72-80(93)58-52-47-41-36-31-26-20-14-8-2)74-104-68-64-82(60-54-48-42-37-32-27-21-15-9-3)110-86(97)62-56-50-44-39-34-29-23-17-11-5/h77-78,81-82H,7-76H2,1-6H3,(H,90,94)(H,91,95)(H,99,100)(H,101,102)(H2,88,89,98)/t77-,78-,81-,82-/m1/s1. The van der Waals surface area contributed by atoms with Crippen LogP contribution in [0.2, 0.25) is 0 Å². The van der Waals surface area contributed by atoms with Gasteiger partial charge in [0.25, 0.3) is 0 Å². The van der Waals surface area contributed by atoms with Crippen LogP contribution in [-0.4, -0.2) is 141 Å². The Kier molecular flexibility index (Phi) is 77.7. The van der Waals surface area contributed by atoms with Gasteiger partial charge in [0, 0.05) is 51.6 Å². The minimum absolute atomic E-state index is 0.153. The van der Waals surface area contributed by atoms with Crippen molar-refractivity contribution in [3.05, 3.63) is 0 Å². The van der Waals surface area contributed by atoms with Gasteiger partial charge in [-0.2, -0.15) is 0 Å². The summed E-state index contributed by atoms with van der Waals surface area (Å²) in [5.74, 6) is -2.08. The Hall–Kier alpha value is -3.37. The summed E-state index contributed by atoms with van der Waals surface area (Å²) in [6.07, 6.45) is 57.5. The molecule has 23 nitrogen and oxygen atoms in total. The molecule has 0 aromatic carbocycles. The third kappa shape index (κ3) is 76.6. The number of rotatable bonds is 88. The van der Waals surface area contributed by atoms with Crippen LogP contribution in [-0.2, 0) is 74.9 Å². The molecule has 0 aliphatic carbocycles. The van der Waals surface area contributed by atoms with Crippen molar-refractivity contribution in [3.63, 3.8) is 0 Å². The van der Waals surface area contributed by atoms with Crippen molar-refractivity contribution < 1.29 is 89.5 Å². The third-order valence-corrected chi connectivity index (χ3v) is 22.3. The number of urea groups is 1. The summed E-state index contributed by atoms with van der Waals surface area (Å²) in [4.78, 5) is 113. The molecule has 660 valence electrons. The fraction of sp³-hybridized carbons (Fsp3) is 0.920. The van der Waals surface area contributed by atoms with Crippen molar-refractivity contribution in [1.82, 2.24) is 21.3 Å². The number of phosphoric acid groups is 2. The number of nitrogens with one attached hydrogen (secondary N) is 4. The van der Waals surface area contributed by atoms with Gasteiger partial charge < -0.3 is 50.0 Å². The smallest absolute Gasteiger partial charge is 0.462 e. The van der Waals surface area contributed by atoms with E-state index in [2.05, 4.69) is 62.8 Å². The van der Waals surface area contributed by atoms with Crippen molar-refractivity contribution in [2.75, 3.05) is 65.9 Å². The van der Waals surface area contributed by atoms with E-state index >= 15 is 0 Å². The number of hydrogen-bond acceptors (Lipinski definition) is 17. The molecular formula is C87H168N4O19P2. The van der Waals surface area contributed by atoms with E-state index in [1.807, 2.05) is 0 Å². The lowest BCUT2D eigenvalue weighted by Gasteiger charge is -2.22. The normalized spacial score (nSPS) is 13.7. The fourth-order valence-electron chi connectivity index (χ4n) is 13.5. The second-order valence-corrected chi connectivity index (χ2v) is 34.3. The number of carbonyl (C=O) groups excluding carboxylic acids is 7. The summed E-state index contributed by atoms with van der Waals surface area (Å²) in [6.45, 7) is 10.6. The van der Waals surface area contributed by atoms with Crippen LogP contribution in [0.3, 0.4) is 0 Å². The molecule has 0 spiro atoms. The molecule has 0 aliphatic heterocycles. The first-order chi connectivity index (χ1) is 54.3. The maximum Gasteiger partial charge on any atom is 0.472 e. The third-order valence-electron chi connectivity index (χ3n) is 20.4. The molecule has 4 amide bonds. The Morgan fingerprint density at radius 1 is 0.295 bits per heavy atom. The summed E-state index contributed by atoms with van der Waals surface area (Å²) < 4.78 is 71.5. The number of Topliss-reactive ketones (excluding diaryl/α,β-unsaturated/α-hetero) is 2. The summed E-state index contributed by atoms with van der Waals surface area (Å²) >= 11 is 0. The van der Waals surface area contributed by atoms with E-state index in [0.717, 1.165) is 128 Å². The van der Waals surface area contributed by atoms with E-state index in [9.17, 15) is 52.5 Å². The maximum atomic E-state index is 13.3. The van der Waals surface area contributed by atoms with E-state index in [-0.39, 0.29) is 101 Å². The molecule has 0 aromatic heterocycles. The SMILES string of the molecule is CCCCCCCCCCCC(=O)CC(=O)N[C@H](COCC[C@@H](CCCCCCC)OC(=O)CCCCCCCCCCC)COP(=O)(O)OCCNC(=O)NCCOP(=O)(O)OC[C@@H](COCC[C@@H](CCCCCCCCCCC)OC(=O)CCCCCCCCCCC)NC(=O)CC(=O)CCCCCCCCCCC. The predicted octanol–water partition coefficient (Wildman–Crippen LogP) is 22.0. The maximum absolute atomic E-state index is 13.3. The molecule has 0 aliphatic rings. The van der Waals surface area contributed by atoms with Crippen LogP contribution in [0.15, 0.2) is 0 Å². The van der Waals surface area contributed by atoms with Crippen LogP contribution >= 0.6 is 15.6 Å². The van der Waals surface area contributed by atoms with Gasteiger partial charge in [-0.15, -0.1) is 0 Å². The molecule has 0 bridgehead atoms. The van der Waals surface area contributed by atoms with Gasteiger partial charge in [-0.3, -0.25) is 46.9 Å². The Morgan fingerprint density at radius 3 is 0.821 bits per heavy atom. The van der Waals surface area contributed by atoms with Crippen LogP contribution in [0.1, 0.15) is 427 Å². The molecule has 0 rings (SSSR count). The minimum atomic E-state index is -4.81. The summed E-state index contributed by atoms with van der Waals surface area (Å²) in [5, 5.41) is 10.4. The van der Waals surface area contributed by atoms with Crippen LogP contribution in [0.5, 0.6) is 0 Å². The van der Waals surface area contributed by atoms with Gasteiger partial charge in [-0.05, 0) is 51.4 Å². The zero-order valence-corrected chi connectivity index (χ0v) is 73.8. The Labute approximate surface area is 681 Å². The van der Waals surface area contributed by atoms with E-state index in [1.165, 1.54) is 180 Å². The highest BCUT2D eigenvalue weighted by atomic mass is 31.2. The van der Waals surface area contributed by atoms with Crippen LogP contribution in [0.4, 0.5) is 4.79 Å². The van der Waals surface area contributed by atoms with Crippen LogP contribution in [0, 0.1) is 0 Å². The molecule has 0 heterocycles. The molecule has 0 saturated heterocycles. The number of hydrogen-bond donors (Lipinski definition) is 6. The minimum Gasteiger partial charge on any atom is -0.462 e. The molecule has 0 radical (unpaired) electrons. The molecule has 25 heteroatoms. The zero-order chi connectivity index (χ0) is 82.3. The van der Waals surface area contributed by atoms with Crippen LogP contribution in [0.25, 0.3) is 0 Å². The number of amides is 4. The van der Waals surface area contributed by atoms with E-state index in [0.29, 0.717) is 51.4 Å². The lowest BCUT2D eigenvalue weighted by Crippen LogP contribution is -2.42. The number of unbranched alkanes of at least 4 members (excludes halogenated alkanes) is 44. The molecule has 6 N–H and O–H groups in total. The van der Waals surface area contributed by atoms with Gasteiger partial charge in [0.1, 0.15) is 23.8 Å². The lowest BCUT2D eigenvalue weighted by molar-refractivity contribution is -0.151. The van der Waals surface area contributed by atoms with Gasteiger partial charge in [-0.1, -0.05) is 324 Å². The highest BCUT2D eigenvalue weighted by Gasteiger charge is 2.28. The van der Waals surface area contributed by atoms with Gasteiger partial charge in [0.05, 0.1) is 77.8 Å². The fourth-order valence-corrected chi connectivity index (χ4v) is 15.0. The van der Waals surface area contributed by atoms with E-state index in [4.69, 9.17) is 37.0 Å². The molecule has 112 heavy (non-hydrogen) atoms. The second kappa shape index (κ2) is 80.1. The molecule has 0 fully saturated rings. The summed E-state index contributed by atoms with van der Waals surface area (Å²) in [5.41, 5.74) is 0. The largest absolute Gasteiger partial charge is 0.472 e. The average Bonchev–Trinajstić information content (AvgIpc) is 0.909. The Bertz CT molecular complexity index is 2340. The van der Waals surface area contributed by atoms with Gasteiger partial charge in [0.2, 0.25) is 11.8 Å². The van der Waals surface area contributed by atoms with E-state index in [1.54, 1.807) is 0 Å². The molecule has 0 saturated carbocycles. The molecule has 0 aromatic rings.